The molecule has 8 nitrogen and oxygen atoms in total. The Morgan fingerprint density at radius 1 is 1.38 bits per heavy atom. The number of hydrogen-bond acceptors (Lipinski definition) is 7. The first-order valence-electron chi connectivity index (χ1n) is 8.25. The van der Waals surface area contributed by atoms with E-state index in [2.05, 4.69) is 10.4 Å². The summed E-state index contributed by atoms with van der Waals surface area (Å²) in [4.78, 5) is 37.3. The Bertz CT molecular complexity index is 791. The Labute approximate surface area is 155 Å². The minimum atomic E-state index is -0.769. The lowest BCUT2D eigenvalue weighted by Crippen LogP contribution is -2.47. The molecule has 2 aromatic heterocycles. The zero-order valence-corrected chi connectivity index (χ0v) is 16.3. The van der Waals surface area contributed by atoms with Gasteiger partial charge in [-0.3, -0.25) is 9.48 Å². The van der Waals surface area contributed by atoms with Crippen molar-refractivity contribution in [1.29, 1.82) is 0 Å². The van der Waals surface area contributed by atoms with Gasteiger partial charge in [-0.1, -0.05) is 20.3 Å². The maximum Gasteiger partial charge on any atom is 0.348 e. The van der Waals surface area contributed by atoms with Crippen molar-refractivity contribution in [1.82, 2.24) is 15.1 Å². The molecular formula is C17H23N3O5S. The van der Waals surface area contributed by atoms with E-state index in [1.165, 1.54) is 18.4 Å². The highest BCUT2D eigenvalue weighted by molar-refractivity contribution is 7.20. The molecule has 2 atom stereocenters. The minimum Gasteiger partial charge on any atom is -0.467 e. The first-order chi connectivity index (χ1) is 12.3. The molecule has 0 aliphatic heterocycles. The molecule has 26 heavy (non-hydrogen) atoms. The molecule has 2 rings (SSSR count). The second-order valence-electron chi connectivity index (χ2n) is 6.07. The van der Waals surface area contributed by atoms with Crippen LogP contribution in [0.5, 0.6) is 0 Å². The second kappa shape index (κ2) is 8.31. The van der Waals surface area contributed by atoms with Gasteiger partial charge in [0.2, 0.25) is 0 Å². The third-order valence-corrected chi connectivity index (χ3v) is 5.40. The number of thiophene rings is 1. The normalized spacial score (nSPS) is 13.3. The first-order valence-corrected chi connectivity index (χ1v) is 9.07. The van der Waals surface area contributed by atoms with Crippen LogP contribution in [0.2, 0.25) is 0 Å². The fourth-order valence-electron chi connectivity index (χ4n) is 2.52. The summed E-state index contributed by atoms with van der Waals surface area (Å²) >= 11 is 1.26. The van der Waals surface area contributed by atoms with Crippen molar-refractivity contribution in [3.63, 3.8) is 0 Å². The lowest BCUT2D eigenvalue weighted by molar-refractivity contribution is -0.147. The van der Waals surface area contributed by atoms with Gasteiger partial charge in [-0.25, -0.2) is 9.59 Å². The van der Waals surface area contributed by atoms with Crippen LogP contribution in [0.25, 0.3) is 10.2 Å². The summed E-state index contributed by atoms with van der Waals surface area (Å²) in [6.07, 6.45) is 0.689. The molecule has 2 unspecified atom stereocenters. The molecular weight excluding hydrogens is 358 g/mol. The number of aromatic nitrogens is 2. The predicted molar refractivity (Wildman–Crippen MR) is 97.0 cm³/mol. The van der Waals surface area contributed by atoms with Crippen molar-refractivity contribution in [3.05, 3.63) is 16.6 Å². The summed E-state index contributed by atoms with van der Waals surface area (Å²) in [5.41, 5.74) is 0.824. The summed E-state index contributed by atoms with van der Waals surface area (Å²) in [6, 6.07) is 0.938. The summed E-state index contributed by atoms with van der Waals surface area (Å²) in [5.74, 6) is -1.75. The molecule has 0 saturated carbocycles. The van der Waals surface area contributed by atoms with Crippen LogP contribution in [-0.2, 0) is 26.1 Å². The van der Waals surface area contributed by atoms with Crippen LogP contribution in [0.1, 0.15) is 35.6 Å². The van der Waals surface area contributed by atoms with Crippen LogP contribution in [-0.4, -0.2) is 47.4 Å². The van der Waals surface area contributed by atoms with Crippen LogP contribution >= 0.6 is 11.3 Å². The summed E-state index contributed by atoms with van der Waals surface area (Å²) in [7, 11) is 3.07. The fraction of sp³-hybridized carbons (Fsp3) is 0.529. The Kier molecular flexibility index (Phi) is 6.36. The predicted octanol–water partition coefficient (Wildman–Crippen LogP) is 1.80. The van der Waals surface area contributed by atoms with Gasteiger partial charge in [-0.05, 0) is 18.9 Å². The van der Waals surface area contributed by atoms with Gasteiger partial charge in [-0.15, -0.1) is 11.3 Å². The molecule has 9 heteroatoms. The van der Waals surface area contributed by atoms with Crippen LogP contribution in [0, 0.1) is 12.8 Å². The van der Waals surface area contributed by atoms with E-state index in [1.807, 2.05) is 20.8 Å². The average molecular weight is 381 g/mol. The molecule has 0 spiro atoms. The van der Waals surface area contributed by atoms with E-state index in [0.29, 0.717) is 11.3 Å². The van der Waals surface area contributed by atoms with Crippen LogP contribution in [0.4, 0.5) is 0 Å². The van der Waals surface area contributed by atoms with E-state index in [9.17, 15) is 14.4 Å². The number of carbonyl (C=O) groups is 3. The van der Waals surface area contributed by atoms with E-state index in [1.54, 1.807) is 17.8 Å². The monoisotopic (exact) mass is 381 g/mol. The van der Waals surface area contributed by atoms with Gasteiger partial charge in [0.1, 0.15) is 15.7 Å². The lowest BCUT2D eigenvalue weighted by atomic mass is 9.99. The van der Waals surface area contributed by atoms with Crippen molar-refractivity contribution >= 4 is 39.4 Å². The number of nitrogens with one attached hydrogen (secondary N) is 1. The Morgan fingerprint density at radius 3 is 2.65 bits per heavy atom. The van der Waals surface area contributed by atoms with Crippen molar-refractivity contribution in [2.24, 2.45) is 13.0 Å². The van der Waals surface area contributed by atoms with Gasteiger partial charge in [0.05, 0.1) is 12.8 Å². The highest BCUT2D eigenvalue weighted by Gasteiger charge is 2.27. The first kappa shape index (κ1) is 19.9. The van der Waals surface area contributed by atoms with Gasteiger partial charge in [0.25, 0.3) is 5.91 Å². The number of hydrogen-bond donors (Lipinski definition) is 1. The van der Waals surface area contributed by atoms with Crippen LogP contribution < -0.4 is 5.32 Å². The smallest absolute Gasteiger partial charge is 0.348 e. The molecule has 2 heterocycles. The quantitative estimate of drug-likeness (QED) is 0.734. The molecule has 1 N–H and O–H groups in total. The van der Waals surface area contributed by atoms with Crippen molar-refractivity contribution in [2.75, 3.05) is 13.7 Å². The number of rotatable bonds is 7. The van der Waals surface area contributed by atoms with E-state index in [4.69, 9.17) is 9.47 Å². The zero-order chi connectivity index (χ0) is 19.4. The van der Waals surface area contributed by atoms with E-state index < -0.39 is 30.5 Å². The summed E-state index contributed by atoms with van der Waals surface area (Å²) in [5, 5.41) is 7.72. The van der Waals surface area contributed by atoms with Crippen LogP contribution in [0.15, 0.2) is 6.07 Å². The highest BCUT2D eigenvalue weighted by atomic mass is 32.1. The minimum absolute atomic E-state index is 0.0971. The molecule has 0 aliphatic rings. The van der Waals surface area contributed by atoms with Crippen molar-refractivity contribution < 1.29 is 23.9 Å². The molecule has 0 radical (unpaired) electrons. The lowest BCUT2D eigenvalue weighted by Gasteiger charge is -2.21. The zero-order valence-electron chi connectivity index (χ0n) is 15.5. The number of aryl methyl sites for hydroxylation is 2. The molecule has 0 aromatic carbocycles. The molecule has 142 valence electrons. The summed E-state index contributed by atoms with van der Waals surface area (Å²) in [6.45, 7) is 5.14. The number of nitrogens with zero attached hydrogens (tertiary/aromatic N) is 2. The fourth-order valence-corrected chi connectivity index (χ4v) is 3.54. The maximum absolute atomic E-state index is 12.2. The molecule has 0 saturated heterocycles. The third-order valence-electron chi connectivity index (χ3n) is 4.22. The van der Waals surface area contributed by atoms with E-state index in [0.717, 1.165) is 15.9 Å². The SMILES string of the molecule is CCC(C)C(NC(=O)COC(=O)c1cc2c(C)nn(C)c2s1)C(=O)OC. The van der Waals surface area contributed by atoms with E-state index in [-0.39, 0.29) is 5.92 Å². The average Bonchev–Trinajstić information content (AvgIpc) is 3.18. The van der Waals surface area contributed by atoms with Crippen molar-refractivity contribution in [2.45, 2.75) is 33.2 Å². The van der Waals surface area contributed by atoms with Gasteiger partial charge in [0.15, 0.2) is 6.61 Å². The number of esters is 2. The highest BCUT2D eigenvalue weighted by Crippen LogP contribution is 2.28. The molecule has 0 bridgehead atoms. The number of fused-ring (bicyclic) bond motifs is 1. The molecule has 0 fully saturated rings. The number of amides is 1. The number of ether oxygens (including phenoxy) is 2. The van der Waals surface area contributed by atoms with Gasteiger partial charge in [0, 0.05) is 12.4 Å². The molecule has 1 amide bonds. The van der Waals surface area contributed by atoms with Crippen molar-refractivity contribution in [3.8, 4) is 0 Å². The van der Waals surface area contributed by atoms with Gasteiger partial charge < -0.3 is 14.8 Å². The summed E-state index contributed by atoms with van der Waals surface area (Å²) < 4.78 is 11.5. The largest absolute Gasteiger partial charge is 0.467 e. The Morgan fingerprint density at radius 2 is 2.08 bits per heavy atom. The number of methoxy groups -OCH3 is 1. The molecule has 0 aliphatic carbocycles. The van der Waals surface area contributed by atoms with Gasteiger partial charge in [-0.2, -0.15) is 5.10 Å². The standard InChI is InChI=1S/C17H23N3O5S/c1-6-9(2)14(17(23)24-5)18-13(21)8-25-16(22)12-7-11-10(3)19-20(4)15(11)26-12/h7,9,14H,6,8H2,1-5H3,(H,18,21). The molecule has 2 aromatic rings. The Hall–Kier alpha value is -2.42. The topological polar surface area (TPSA) is 99.5 Å². The maximum atomic E-state index is 12.2. The Balaban J connectivity index is 1.97. The van der Waals surface area contributed by atoms with E-state index >= 15 is 0 Å². The van der Waals surface area contributed by atoms with Gasteiger partial charge >= 0.3 is 11.9 Å². The van der Waals surface area contributed by atoms with Crippen LogP contribution in [0.3, 0.4) is 0 Å². The number of carbonyl (C=O) groups excluding carboxylic acids is 3. The third kappa shape index (κ3) is 4.21. The second-order valence-corrected chi connectivity index (χ2v) is 7.10.